The van der Waals surface area contributed by atoms with Gasteiger partial charge in [0, 0.05) is 49.9 Å². The monoisotopic (exact) mass is 491 g/mol. The molecule has 0 radical (unpaired) electrons. The molecule has 0 atom stereocenters. The van der Waals surface area contributed by atoms with E-state index in [1.807, 2.05) is 59.5 Å². The lowest BCUT2D eigenvalue weighted by molar-refractivity contribution is 0.0623. The van der Waals surface area contributed by atoms with Gasteiger partial charge in [0.2, 0.25) is 0 Å². The largest absolute Gasteiger partial charge is 0.335 e. The lowest BCUT2D eigenvalue weighted by Crippen LogP contribution is -2.48. The van der Waals surface area contributed by atoms with Crippen LogP contribution in [0.3, 0.4) is 0 Å². The summed E-state index contributed by atoms with van der Waals surface area (Å²) in [7, 11) is 0. The van der Waals surface area contributed by atoms with Crippen LogP contribution in [0.25, 0.3) is 28.2 Å². The summed E-state index contributed by atoms with van der Waals surface area (Å²) in [6, 6.07) is 30.1. The van der Waals surface area contributed by atoms with E-state index in [0.29, 0.717) is 41.4 Å². The van der Waals surface area contributed by atoms with Crippen LogP contribution >= 0.6 is 0 Å². The zero-order chi connectivity index (χ0) is 25.2. The molecular formula is C30H26FN5O. The molecule has 7 heteroatoms. The molecule has 6 nitrogen and oxygen atoms in total. The number of halogens is 1. The highest BCUT2D eigenvalue weighted by atomic mass is 19.1. The molecule has 0 bridgehead atoms. The van der Waals surface area contributed by atoms with Crippen molar-refractivity contribution in [2.75, 3.05) is 26.2 Å². The molecule has 37 heavy (non-hydrogen) atoms. The Morgan fingerprint density at radius 2 is 1.49 bits per heavy atom. The minimum Gasteiger partial charge on any atom is -0.335 e. The lowest BCUT2D eigenvalue weighted by atomic mass is 10.1. The number of carbonyl (C=O) groups excluding carboxylic acids is 1. The first kappa shape index (κ1) is 23.1. The molecule has 1 aliphatic rings. The second-order valence-electron chi connectivity index (χ2n) is 9.23. The summed E-state index contributed by atoms with van der Waals surface area (Å²) in [6.07, 6.45) is 0. The van der Waals surface area contributed by atoms with Gasteiger partial charge in [-0.2, -0.15) is 5.10 Å². The van der Waals surface area contributed by atoms with Crippen LogP contribution in [0.1, 0.15) is 16.1 Å². The Morgan fingerprint density at radius 3 is 2.22 bits per heavy atom. The number of carbonyl (C=O) groups is 1. The van der Waals surface area contributed by atoms with Crippen LogP contribution in [0.5, 0.6) is 0 Å². The Labute approximate surface area is 214 Å². The summed E-state index contributed by atoms with van der Waals surface area (Å²) in [5.74, 6) is -0.526. The summed E-state index contributed by atoms with van der Waals surface area (Å²) in [5.41, 5.74) is 4.57. The highest BCUT2D eigenvalue weighted by Gasteiger charge is 2.25. The maximum absolute atomic E-state index is 14.9. The third-order valence-corrected chi connectivity index (χ3v) is 6.77. The predicted octanol–water partition coefficient (Wildman–Crippen LogP) is 5.16. The first-order chi connectivity index (χ1) is 18.2. The van der Waals surface area contributed by atoms with Crippen molar-refractivity contribution in [3.8, 4) is 22.5 Å². The minimum atomic E-state index is -0.375. The summed E-state index contributed by atoms with van der Waals surface area (Å²) in [5, 5.41) is 4.72. The molecule has 1 fully saturated rings. The molecule has 1 aliphatic heterocycles. The molecule has 5 aromatic rings. The van der Waals surface area contributed by atoms with Crippen molar-refractivity contribution in [3.05, 3.63) is 114 Å². The molecule has 2 aromatic heterocycles. The van der Waals surface area contributed by atoms with Crippen LogP contribution in [0.15, 0.2) is 97.1 Å². The van der Waals surface area contributed by atoms with E-state index in [1.165, 1.54) is 11.6 Å². The number of hydrogen-bond donors (Lipinski definition) is 0. The second kappa shape index (κ2) is 9.95. The number of rotatable bonds is 5. The van der Waals surface area contributed by atoms with Crippen LogP contribution in [-0.4, -0.2) is 56.5 Å². The quantitative estimate of drug-likeness (QED) is 0.341. The first-order valence-electron chi connectivity index (χ1n) is 12.4. The maximum Gasteiger partial charge on any atom is 0.272 e. The molecule has 0 unspecified atom stereocenters. The van der Waals surface area contributed by atoms with E-state index in [-0.39, 0.29) is 11.7 Å². The number of nitrogens with zero attached hydrogens (tertiary/aromatic N) is 5. The molecule has 0 saturated carbocycles. The fourth-order valence-electron chi connectivity index (χ4n) is 4.81. The smallest absolute Gasteiger partial charge is 0.272 e. The van der Waals surface area contributed by atoms with E-state index in [1.54, 1.807) is 28.8 Å². The fraction of sp³-hybridized carbons (Fsp3) is 0.167. The summed E-state index contributed by atoms with van der Waals surface area (Å²) in [4.78, 5) is 22.4. The molecular weight excluding hydrogens is 465 g/mol. The average molecular weight is 492 g/mol. The van der Waals surface area contributed by atoms with E-state index >= 15 is 0 Å². The zero-order valence-corrected chi connectivity index (χ0v) is 20.3. The van der Waals surface area contributed by atoms with E-state index in [4.69, 9.17) is 5.10 Å². The number of hydrogen-bond acceptors (Lipinski definition) is 4. The Kier molecular flexibility index (Phi) is 6.20. The fourth-order valence-corrected chi connectivity index (χ4v) is 4.81. The van der Waals surface area contributed by atoms with Crippen molar-refractivity contribution in [1.82, 2.24) is 24.4 Å². The molecule has 1 saturated heterocycles. The van der Waals surface area contributed by atoms with Gasteiger partial charge in [0.05, 0.1) is 11.4 Å². The van der Waals surface area contributed by atoms with Crippen LogP contribution in [0, 0.1) is 5.82 Å². The number of fused-ring (bicyclic) bond motifs is 1. The van der Waals surface area contributed by atoms with Gasteiger partial charge in [-0.3, -0.25) is 9.69 Å². The molecule has 3 aromatic carbocycles. The molecule has 0 N–H and O–H groups in total. The van der Waals surface area contributed by atoms with E-state index in [9.17, 15) is 9.18 Å². The molecule has 1 amide bonds. The van der Waals surface area contributed by atoms with Gasteiger partial charge in [-0.05, 0) is 23.8 Å². The Balaban J connectivity index is 1.31. The minimum absolute atomic E-state index is 0.151. The van der Waals surface area contributed by atoms with Crippen molar-refractivity contribution < 1.29 is 9.18 Å². The van der Waals surface area contributed by atoms with Gasteiger partial charge in [-0.25, -0.2) is 13.9 Å². The predicted molar refractivity (Wildman–Crippen MR) is 141 cm³/mol. The third-order valence-electron chi connectivity index (χ3n) is 6.77. The van der Waals surface area contributed by atoms with Gasteiger partial charge < -0.3 is 4.90 Å². The van der Waals surface area contributed by atoms with Crippen molar-refractivity contribution in [1.29, 1.82) is 0 Å². The number of amides is 1. The van der Waals surface area contributed by atoms with E-state index in [2.05, 4.69) is 22.0 Å². The summed E-state index contributed by atoms with van der Waals surface area (Å²) in [6.45, 7) is 3.66. The maximum atomic E-state index is 14.9. The van der Waals surface area contributed by atoms with Gasteiger partial charge in [-0.15, -0.1) is 0 Å². The third kappa shape index (κ3) is 4.73. The van der Waals surface area contributed by atoms with Gasteiger partial charge >= 0.3 is 0 Å². The molecule has 0 spiro atoms. The summed E-state index contributed by atoms with van der Waals surface area (Å²) >= 11 is 0. The van der Waals surface area contributed by atoms with Crippen molar-refractivity contribution in [2.45, 2.75) is 6.54 Å². The van der Waals surface area contributed by atoms with Gasteiger partial charge in [-0.1, -0.05) is 72.8 Å². The molecule has 6 rings (SSSR count). The van der Waals surface area contributed by atoms with Crippen LogP contribution in [0.4, 0.5) is 4.39 Å². The first-order valence-corrected chi connectivity index (χ1v) is 12.4. The second-order valence-corrected chi connectivity index (χ2v) is 9.23. The van der Waals surface area contributed by atoms with Crippen LogP contribution in [0.2, 0.25) is 0 Å². The topological polar surface area (TPSA) is 53.7 Å². The average Bonchev–Trinajstić information content (AvgIpc) is 3.39. The number of aromatic nitrogens is 3. The Hall–Kier alpha value is -4.36. The molecule has 0 aliphatic carbocycles. The lowest BCUT2D eigenvalue weighted by Gasteiger charge is -2.34. The number of benzene rings is 3. The Bertz CT molecular complexity index is 1540. The number of piperazine rings is 1. The van der Waals surface area contributed by atoms with Crippen molar-refractivity contribution >= 4 is 11.6 Å². The van der Waals surface area contributed by atoms with Gasteiger partial charge in [0.25, 0.3) is 5.91 Å². The van der Waals surface area contributed by atoms with Crippen molar-refractivity contribution in [2.24, 2.45) is 0 Å². The molecule has 184 valence electrons. The van der Waals surface area contributed by atoms with E-state index in [0.717, 1.165) is 25.2 Å². The highest BCUT2D eigenvalue weighted by molar-refractivity contribution is 5.94. The molecule has 3 heterocycles. The van der Waals surface area contributed by atoms with Gasteiger partial charge in [0.1, 0.15) is 11.5 Å². The van der Waals surface area contributed by atoms with Gasteiger partial charge in [0.15, 0.2) is 5.65 Å². The highest BCUT2D eigenvalue weighted by Crippen LogP contribution is 2.27. The Morgan fingerprint density at radius 1 is 0.811 bits per heavy atom. The normalized spacial score (nSPS) is 14.2. The SMILES string of the molecule is O=C(c1cc(-c2ccccc2F)n2nc(-c3ccccc3)cc2n1)N1CCN(Cc2ccccc2)CC1. The van der Waals surface area contributed by atoms with Crippen molar-refractivity contribution in [3.63, 3.8) is 0 Å². The zero-order valence-electron chi connectivity index (χ0n) is 20.3. The standard InChI is InChI=1S/C30H26FN5O/c31-25-14-8-7-13-24(25)28-19-27(32-29-20-26(33-36(28)29)23-11-5-2-6-12-23)30(37)35-17-15-34(16-18-35)21-22-9-3-1-4-10-22/h1-14,19-20H,15-18,21H2. The van der Waals surface area contributed by atoms with Crippen LogP contribution in [-0.2, 0) is 6.54 Å². The van der Waals surface area contributed by atoms with Crippen LogP contribution < -0.4 is 0 Å². The summed E-state index contributed by atoms with van der Waals surface area (Å²) < 4.78 is 16.5. The van der Waals surface area contributed by atoms with E-state index < -0.39 is 0 Å².